The Kier molecular flexibility index (Phi) is 13.4. The molecule has 0 aliphatic carbocycles. The van der Waals surface area contributed by atoms with Crippen molar-refractivity contribution in [1.29, 1.82) is 0 Å². The molecule has 2 rings (SSSR count). The van der Waals surface area contributed by atoms with Crippen molar-refractivity contribution in [1.82, 2.24) is 15.5 Å². The van der Waals surface area contributed by atoms with Gasteiger partial charge in [0.15, 0.2) is 5.96 Å². The second kappa shape index (κ2) is 14.9. The van der Waals surface area contributed by atoms with E-state index in [0.717, 1.165) is 56.4 Å². The molecule has 0 bridgehead atoms. The highest BCUT2D eigenvalue weighted by atomic mass is 127. The molecule has 1 heterocycles. The second-order valence-corrected chi connectivity index (χ2v) is 8.00. The van der Waals surface area contributed by atoms with E-state index in [1.807, 2.05) is 12.1 Å². The third-order valence-corrected chi connectivity index (χ3v) is 5.59. The average Bonchev–Trinajstić information content (AvgIpc) is 2.71. The number of halogens is 2. The Morgan fingerprint density at radius 2 is 2.13 bits per heavy atom. The number of likely N-dealkylation sites (tertiary alicyclic amines) is 1. The van der Waals surface area contributed by atoms with Crippen LogP contribution in [-0.2, 0) is 9.53 Å². The number of nitrogens with one attached hydrogen (secondary N) is 2. The first kappa shape index (κ1) is 27.0. The molecule has 0 amide bonds. The molecule has 0 saturated carbocycles. The zero-order valence-corrected chi connectivity index (χ0v) is 21.4. The Hall–Kier alpha value is -1.06. The Balaban J connectivity index is 0.00000450. The number of unbranched alkanes of at least 4 members (excludes halogenated alkanes) is 1. The Labute approximate surface area is 203 Å². The number of hydrogen-bond donors (Lipinski definition) is 2. The lowest BCUT2D eigenvalue weighted by atomic mass is 9.85. The fourth-order valence-corrected chi connectivity index (χ4v) is 4.12. The van der Waals surface area contributed by atoms with E-state index in [1.54, 1.807) is 0 Å². The van der Waals surface area contributed by atoms with Gasteiger partial charge in [-0.05, 0) is 69.8 Å². The SMILES string of the molecule is CCNC(=NCC1CCCN(C)C1c1cccc(Cl)c1)NCCCCC(=O)OC.I. The number of guanidine groups is 1. The van der Waals surface area contributed by atoms with Crippen molar-refractivity contribution in [3.05, 3.63) is 34.9 Å². The van der Waals surface area contributed by atoms with E-state index in [0.29, 0.717) is 18.4 Å². The first-order chi connectivity index (χ1) is 14.0. The van der Waals surface area contributed by atoms with Gasteiger partial charge in [0.2, 0.25) is 0 Å². The number of benzene rings is 1. The van der Waals surface area contributed by atoms with Gasteiger partial charge in [-0.2, -0.15) is 0 Å². The normalized spacial score (nSPS) is 19.7. The monoisotopic (exact) mass is 550 g/mol. The summed E-state index contributed by atoms with van der Waals surface area (Å²) < 4.78 is 4.68. The van der Waals surface area contributed by atoms with Crippen molar-refractivity contribution in [3.63, 3.8) is 0 Å². The predicted octanol–water partition coefficient (Wildman–Crippen LogP) is 4.24. The van der Waals surface area contributed by atoms with Crippen LogP contribution in [0.4, 0.5) is 0 Å². The molecule has 1 saturated heterocycles. The Morgan fingerprint density at radius 3 is 2.83 bits per heavy atom. The van der Waals surface area contributed by atoms with Gasteiger partial charge in [0, 0.05) is 37.1 Å². The van der Waals surface area contributed by atoms with E-state index in [4.69, 9.17) is 16.6 Å². The Morgan fingerprint density at radius 1 is 1.33 bits per heavy atom. The van der Waals surface area contributed by atoms with Gasteiger partial charge in [-0.1, -0.05) is 23.7 Å². The van der Waals surface area contributed by atoms with E-state index in [1.165, 1.54) is 19.1 Å². The van der Waals surface area contributed by atoms with Crippen LogP contribution in [0.5, 0.6) is 0 Å². The fraction of sp³-hybridized carbons (Fsp3) is 0.636. The number of hydrogen-bond acceptors (Lipinski definition) is 4. The largest absolute Gasteiger partial charge is 0.469 e. The molecule has 1 aromatic carbocycles. The topological polar surface area (TPSA) is 66.0 Å². The smallest absolute Gasteiger partial charge is 0.305 e. The highest BCUT2D eigenvalue weighted by Gasteiger charge is 2.30. The summed E-state index contributed by atoms with van der Waals surface area (Å²) in [5, 5.41) is 7.48. The number of piperidine rings is 1. The maximum Gasteiger partial charge on any atom is 0.305 e. The van der Waals surface area contributed by atoms with Crippen LogP contribution >= 0.6 is 35.6 Å². The number of carbonyl (C=O) groups is 1. The third kappa shape index (κ3) is 8.98. The maximum absolute atomic E-state index is 11.2. The van der Waals surface area contributed by atoms with Gasteiger partial charge in [-0.25, -0.2) is 0 Å². The number of esters is 1. The second-order valence-electron chi connectivity index (χ2n) is 7.56. The van der Waals surface area contributed by atoms with Crippen molar-refractivity contribution in [3.8, 4) is 0 Å². The van der Waals surface area contributed by atoms with Gasteiger partial charge >= 0.3 is 5.97 Å². The molecule has 30 heavy (non-hydrogen) atoms. The molecule has 6 nitrogen and oxygen atoms in total. The van der Waals surface area contributed by atoms with Gasteiger partial charge in [0.25, 0.3) is 0 Å². The molecule has 2 N–H and O–H groups in total. The first-order valence-corrected chi connectivity index (χ1v) is 11.0. The van der Waals surface area contributed by atoms with E-state index in [2.05, 4.69) is 46.4 Å². The number of ether oxygens (including phenoxy) is 1. The standard InChI is InChI=1S/C22H35ClN4O2.HI/c1-4-24-22(25-13-6-5-12-20(28)29-3)26-16-18-10-8-14-27(2)21(18)17-9-7-11-19(23)15-17;/h7,9,11,15,18,21H,4-6,8,10,12-14,16H2,1-3H3,(H2,24,25,26);1H. The zero-order valence-electron chi connectivity index (χ0n) is 18.3. The molecule has 170 valence electrons. The molecule has 1 aromatic rings. The first-order valence-electron chi connectivity index (χ1n) is 10.6. The zero-order chi connectivity index (χ0) is 21.1. The third-order valence-electron chi connectivity index (χ3n) is 5.35. The highest BCUT2D eigenvalue weighted by Crippen LogP contribution is 2.36. The summed E-state index contributed by atoms with van der Waals surface area (Å²) >= 11 is 6.24. The summed E-state index contributed by atoms with van der Waals surface area (Å²) in [5.41, 5.74) is 1.26. The van der Waals surface area contributed by atoms with Gasteiger partial charge in [0.05, 0.1) is 7.11 Å². The minimum Gasteiger partial charge on any atom is -0.469 e. The Bertz CT molecular complexity index is 674. The van der Waals surface area contributed by atoms with E-state index in [9.17, 15) is 4.79 Å². The molecule has 1 aliphatic heterocycles. The summed E-state index contributed by atoms with van der Waals surface area (Å²) in [4.78, 5) is 18.5. The molecule has 2 atom stereocenters. The molecule has 8 heteroatoms. The van der Waals surface area contributed by atoms with Crippen LogP contribution < -0.4 is 10.6 Å². The highest BCUT2D eigenvalue weighted by molar-refractivity contribution is 14.0. The van der Waals surface area contributed by atoms with Crippen molar-refractivity contribution in [2.45, 2.75) is 45.1 Å². The van der Waals surface area contributed by atoms with Gasteiger partial charge in [-0.3, -0.25) is 14.7 Å². The molecule has 1 fully saturated rings. The number of aliphatic imine (C=N–C) groups is 1. The molecule has 0 spiro atoms. The predicted molar refractivity (Wildman–Crippen MR) is 135 cm³/mol. The molecule has 1 aliphatic rings. The number of nitrogens with zero attached hydrogens (tertiary/aromatic N) is 2. The summed E-state index contributed by atoms with van der Waals surface area (Å²) in [6.45, 7) is 5.52. The summed E-state index contributed by atoms with van der Waals surface area (Å²) in [7, 11) is 3.61. The van der Waals surface area contributed by atoms with Crippen LogP contribution in [0.15, 0.2) is 29.3 Å². The average molecular weight is 551 g/mol. The van der Waals surface area contributed by atoms with Crippen LogP contribution in [0.3, 0.4) is 0 Å². The molecule has 0 aromatic heterocycles. The van der Waals surface area contributed by atoms with Gasteiger partial charge in [-0.15, -0.1) is 24.0 Å². The number of methoxy groups -OCH3 is 1. The molecule has 2 unspecified atom stereocenters. The van der Waals surface area contributed by atoms with Crippen LogP contribution in [0.2, 0.25) is 5.02 Å². The van der Waals surface area contributed by atoms with E-state index >= 15 is 0 Å². The summed E-state index contributed by atoms with van der Waals surface area (Å²) in [5.74, 6) is 1.13. The lowest BCUT2D eigenvalue weighted by Gasteiger charge is -2.39. The van der Waals surface area contributed by atoms with E-state index in [-0.39, 0.29) is 29.9 Å². The van der Waals surface area contributed by atoms with Crippen LogP contribution in [0, 0.1) is 5.92 Å². The maximum atomic E-state index is 11.2. The molecular formula is C22H36ClIN4O2. The van der Waals surface area contributed by atoms with Crippen molar-refractivity contribution < 1.29 is 9.53 Å². The lowest BCUT2D eigenvalue weighted by molar-refractivity contribution is -0.140. The van der Waals surface area contributed by atoms with Gasteiger partial charge in [0.1, 0.15) is 0 Å². The van der Waals surface area contributed by atoms with E-state index < -0.39 is 0 Å². The minimum absolute atomic E-state index is 0. The van der Waals surface area contributed by atoms with Crippen LogP contribution in [0.25, 0.3) is 0 Å². The summed E-state index contributed by atoms with van der Waals surface area (Å²) in [6, 6.07) is 8.53. The quantitative estimate of drug-likeness (QED) is 0.158. The number of carbonyl (C=O) groups excluding carboxylic acids is 1. The van der Waals surface area contributed by atoms with Crippen molar-refractivity contribution in [2.24, 2.45) is 10.9 Å². The molecular weight excluding hydrogens is 515 g/mol. The van der Waals surface area contributed by atoms with Crippen LogP contribution in [-0.4, -0.2) is 57.2 Å². The summed E-state index contributed by atoms with van der Waals surface area (Å²) in [6.07, 6.45) is 4.51. The fourth-order valence-electron chi connectivity index (χ4n) is 3.92. The molecule has 0 radical (unpaired) electrons. The van der Waals surface area contributed by atoms with Gasteiger partial charge < -0.3 is 15.4 Å². The van der Waals surface area contributed by atoms with Crippen LogP contribution in [0.1, 0.15) is 50.6 Å². The number of rotatable bonds is 9. The minimum atomic E-state index is -0.154. The van der Waals surface area contributed by atoms with Crippen molar-refractivity contribution in [2.75, 3.05) is 40.3 Å². The van der Waals surface area contributed by atoms with Crippen molar-refractivity contribution >= 4 is 47.5 Å². The lowest BCUT2D eigenvalue weighted by Crippen LogP contribution is -2.40.